The molecule has 0 saturated carbocycles. The minimum atomic E-state index is -3.11. The zero-order chi connectivity index (χ0) is 13.2. The van der Waals surface area contributed by atoms with Gasteiger partial charge in [0, 0.05) is 6.92 Å². The van der Waals surface area contributed by atoms with Crippen LogP contribution in [-0.2, 0) is 12.3 Å². The summed E-state index contributed by atoms with van der Waals surface area (Å²) in [6.45, 7) is 0.706. The van der Waals surface area contributed by atoms with Crippen LogP contribution >= 0.6 is 0 Å². The van der Waals surface area contributed by atoms with Crippen LogP contribution < -0.4 is 0 Å². The van der Waals surface area contributed by atoms with Crippen LogP contribution in [0.2, 0.25) is 0 Å². The van der Waals surface area contributed by atoms with Crippen molar-refractivity contribution in [3.63, 3.8) is 0 Å². The molecule has 0 spiro atoms. The first-order valence-electron chi connectivity index (χ1n) is 5.19. The Bertz CT molecular complexity index is 596. The number of aromatic nitrogens is 2. The smallest absolute Gasteiger partial charge is 0.307 e. The van der Waals surface area contributed by atoms with Gasteiger partial charge in [0.05, 0.1) is 18.1 Å². The molecule has 0 aliphatic carbocycles. The molecular weight excluding hydrogens is 240 g/mol. The Morgan fingerprint density at radius 1 is 1.44 bits per heavy atom. The van der Waals surface area contributed by atoms with Crippen LogP contribution in [0.15, 0.2) is 28.8 Å². The number of nitriles is 1. The highest BCUT2D eigenvalue weighted by Crippen LogP contribution is 2.24. The van der Waals surface area contributed by atoms with Crippen molar-refractivity contribution < 1.29 is 13.3 Å². The Balaban J connectivity index is 2.19. The number of halogens is 2. The maximum atomic E-state index is 12.9. The summed E-state index contributed by atoms with van der Waals surface area (Å²) in [5.74, 6) is -3.65. The number of benzene rings is 1. The van der Waals surface area contributed by atoms with Crippen LogP contribution in [0.3, 0.4) is 0 Å². The topological polar surface area (TPSA) is 62.7 Å². The van der Waals surface area contributed by atoms with Gasteiger partial charge in [-0.05, 0) is 17.7 Å². The zero-order valence-electron chi connectivity index (χ0n) is 9.52. The molecule has 18 heavy (non-hydrogen) atoms. The Morgan fingerprint density at radius 2 is 2.22 bits per heavy atom. The van der Waals surface area contributed by atoms with Crippen LogP contribution in [0.1, 0.15) is 29.8 Å². The normalized spacial score (nSPS) is 11.2. The van der Waals surface area contributed by atoms with E-state index < -0.39 is 11.7 Å². The summed E-state index contributed by atoms with van der Waals surface area (Å²) < 4.78 is 30.5. The lowest BCUT2D eigenvalue weighted by atomic mass is 10.1. The molecule has 0 N–H and O–H groups in total. The van der Waals surface area contributed by atoms with Crippen molar-refractivity contribution in [2.75, 3.05) is 0 Å². The third kappa shape index (κ3) is 2.69. The molecule has 92 valence electrons. The maximum Gasteiger partial charge on any atom is 0.307 e. The van der Waals surface area contributed by atoms with E-state index in [0.717, 1.165) is 5.56 Å². The van der Waals surface area contributed by atoms with Crippen molar-refractivity contribution in [1.29, 1.82) is 5.26 Å². The molecule has 0 fully saturated rings. The molecule has 4 nitrogen and oxygen atoms in total. The SMILES string of the molecule is CC(F)(F)c1noc(Cc2cccc(C#N)c2)n1. The molecule has 2 aromatic rings. The average molecular weight is 249 g/mol. The van der Waals surface area contributed by atoms with Gasteiger partial charge in [0.15, 0.2) is 0 Å². The highest BCUT2D eigenvalue weighted by Gasteiger charge is 2.30. The summed E-state index contributed by atoms with van der Waals surface area (Å²) in [5, 5.41) is 12.0. The largest absolute Gasteiger partial charge is 0.339 e. The molecule has 6 heteroatoms. The van der Waals surface area contributed by atoms with Gasteiger partial charge in [-0.3, -0.25) is 0 Å². The number of hydrogen-bond acceptors (Lipinski definition) is 4. The Morgan fingerprint density at radius 3 is 2.83 bits per heavy atom. The molecule has 0 aliphatic heterocycles. The molecule has 0 amide bonds. The van der Waals surface area contributed by atoms with Gasteiger partial charge in [-0.25, -0.2) is 0 Å². The van der Waals surface area contributed by atoms with Crippen LogP contribution in [0.5, 0.6) is 0 Å². The molecule has 0 bridgehead atoms. The second kappa shape index (κ2) is 4.53. The minimum absolute atomic E-state index is 0.0987. The number of hydrogen-bond donors (Lipinski definition) is 0. The highest BCUT2D eigenvalue weighted by molar-refractivity contribution is 5.33. The molecule has 1 aromatic carbocycles. The van der Waals surface area contributed by atoms with E-state index in [1.807, 2.05) is 6.07 Å². The summed E-state index contributed by atoms with van der Waals surface area (Å²) in [6, 6.07) is 8.77. The first kappa shape index (κ1) is 12.2. The molecule has 1 heterocycles. The number of alkyl halides is 2. The fourth-order valence-electron chi connectivity index (χ4n) is 1.43. The predicted octanol–water partition coefficient (Wildman–Crippen LogP) is 2.64. The second-order valence-corrected chi connectivity index (χ2v) is 3.89. The van der Waals surface area contributed by atoms with Crippen LogP contribution in [0.25, 0.3) is 0 Å². The van der Waals surface area contributed by atoms with Crippen molar-refractivity contribution in [3.05, 3.63) is 47.1 Å². The highest BCUT2D eigenvalue weighted by atomic mass is 19.3. The van der Waals surface area contributed by atoms with E-state index in [9.17, 15) is 8.78 Å². The number of nitrogens with zero attached hydrogens (tertiary/aromatic N) is 3. The van der Waals surface area contributed by atoms with Gasteiger partial charge in [0.1, 0.15) is 0 Å². The first-order chi connectivity index (χ1) is 8.49. The van der Waals surface area contributed by atoms with Crippen molar-refractivity contribution in [2.24, 2.45) is 0 Å². The summed E-state index contributed by atoms with van der Waals surface area (Å²) in [4.78, 5) is 3.62. The maximum absolute atomic E-state index is 12.9. The lowest BCUT2D eigenvalue weighted by Gasteiger charge is -2.01. The molecule has 0 aliphatic rings. The fourth-order valence-corrected chi connectivity index (χ4v) is 1.43. The predicted molar refractivity (Wildman–Crippen MR) is 57.8 cm³/mol. The summed E-state index contributed by atoms with van der Waals surface area (Å²) in [7, 11) is 0. The van der Waals surface area contributed by atoms with E-state index in [0.29, 0.717) is 12.5 Å². The molecule has 0 atom stereocenters. The van der Waals surface area contributed by atoms with Gasteiger partial charge < -0.3 is 4.52 Å². The molecule has 0 unspecified atom stereocenters. The second-order valence-electron chi connectivity index (χ2n) is 3.89. The van der Waals surface area contributed by atoms with Crippen LogP contribution in [0, 0.1) is 11.3 Å². The molecule has 1 aromatic heterocycles. The van der Waals surface area contributed by atoms with E-state index in [2.05, 4.69) is 10.1 Å². The van der Waals surface area contributed by atoms with Gasteiger partial charge in [0.25, 0.3) is 0 Å². The fraction of sp³-hybridized carbons (Fsp3) is 0.250. The van der Waals surface area contributed by atoms with E-state index >= 15 is 0 Å². The zero-order valence-corrected chi connectivity index (χ0v) is 9.52. The van der Waals surface area contributed by atoms with Crippen molar-refractivity contribution in [1.82, 2.24) is 10.1 Å². The standard InChI is InChI=1S/C12H9F2N3O/c1-12(13,14)11-16-10(18-17-11)6-8-3-2-4-9(5-8)7-15/h2-5H,6H2,1H3. The molecular formula is C12H9F2N3O. The van der Waals surface area contributed by atoms with Gasteiger partial charge in [0.2, 0.25) is 11.7 Å². The summed E-state index contributed by atoms with van der Waals surface area (Å²) >= 11 is 0. The monoisotopic (exact) mass is 249 g/mol. The quantitative estimate of drug-likeness (QED) is 0.838. The minimum Gasteiger partial charge on any atom is -0.339 e. The number of rotatable bonds is 3. The van der Waals surface area contributed by atoms with Crippen LogP contribution in [0.4, 0.5) is 8.78 Å². The Labute approximate surface area is 102 Å². The lowest BCUT2D eigenvalue weighted by Crippen LogP contribution is -2.09. The van der Waals surface area contributed by atoms with Gasteiger partial charge in [-0.15, -0.1) is 0 Å². The lowest BCUT2D eigenvalue weighted by molar-refractivity contribution is 0.00559. The summed E-state index contributed by atoms with van der Waals surface area (Å²) in [6.07, 6.45) is 0.221. The van der Waals surface area contributed by atoms with Crippen molar-refractivity contribution in [2.45, 2.75) is 19.3 Å². The summed E-state index contributed by atoms with van der Waals surface area (Å²) in [5.41, 5.74) is 1.25. The van der Waals surface area contributed by atoms with Gasteiger partial charge in [-0.2, -0.15) is 19.0 Å². The average Bonchev–Trinajstić information content (AvgIpc) is 2.77. The third-order valence-electron chi connectivity index (χ3n) is 2.27. The third-order valence-corrected chi connectivity index (χ3v) is 2.27. The Hall–Kier alpha value is -2.29. The van der Waals surface area contributed by atoms with E-state index in [1.165, 1.54) is 0 Å². The van der Waals surface area contributed by atoms with Gasteiger partial charge >= 0.3 is 5.92 Å². The van der Waals surface area contributed by atoms with Crippen molar-refractivity contribution >= 4 is 0 Å². The van der Waals surface area contributed by atoms with Crippen LogP contribution in [-0.4, -0.2) is 10.1 Å². The molecule has 0 saturated heterocycles. The Kier molecular flexibility index (Phi) is 3.06. The van der Waals surface area contributed by atoms with Gasteiger partial charge in [-0.1, -0.05) is 17.3 Å². The van der Waals surface area contributed by atoms with E-state index in [-0.39, 0.29) is 12.3 Å². The van der Waals surface area contributed by atoms with E-state index in [4.69, 9.17) is 9.78 Å². The molecule has 0 radical (unpaired) electrons. The van der Waals surface area contributed by atoms with Crippen molar-refractivity contribution in [3.8, 4) is 6.07 Å². The van der Waals surface area contributed by atoms with E-state index in [1.54, 1.807) is 24.3 Å². The first-order valence-corrected chi connectivity index (χ1v) is 5.19. The molecule has 2 rings (SSSR count).